The summed E-state index contributed by atoms with van der Waals surface area (Å²) in [5.41, 5.74) is 0.329. The van der Waals surface area contributed by atoms with E-state index in [1.807, 2.05) is 20.8 Å². The monoisotopic (exact) mass is 363 g/mol. The lowest BCUT2D eigenvalue weighted by Gasteiger charge is -2.33. The van der Waals surface area contributed by atoms with Crippen LogP contribution < -0.4 is 0 Å². The van der Waals surface area contributed by atoms with E-state index in [4.69, 9.17) is 9.47 Å². The van der Waals surface area contributed by atoms with Crippen LogP contribution in [0.2, 0.25) is 0 Å². The number of amides is 1. The van der Waals surface area contributed by atoms with Crippen molar-refractivity contribution in [2.75, 3.05) is 13.2 Å². The highest BCUT2D eigenvalue weighted by molar-refractivity contribution is 5.72. The first-order valence-electron chi connectivity index (χ1n) is 9.15. The second kappa shape index (κ2) is 8.43. The summed E-state index contributed by atoms with van der Waals surface area (Å²) in [4.78, 5) is 26.5. The first-order chi connectivity index (χ1) is 12.2. The van der Waals surface area contributed by atoms with Gasteiger partial charge in [0.05, 0.1) is 13.0 Å². The number of carbonyl (C=O) groups excluding carboxylic acids is 2. The summed E-state index contributed by atoms with van der Waals surface area (Å²) in [6.07, 6.45) is 1.49. The van der Waals surface area contributed by atoms with Crippen LogP contribution in [0.25, 0.3) is 0 Å². The van der Waals surface area contributed by atoms with E-state index in [0.29, 0.717) is 13.2 Å². The minimum Gasteiger partial charge on any atom is -0.508 e. The van der Waals surface area contributed by atoms with Gasteiger partial charge in [0, 0.05) is 18.5 Å². The lowest BCUT2D eigenvalue weighted by Crippen LogP contribution is -2.42. The van der Waals surface area contributed by atoms with Gasteiger partial charge in [0.15, 0.2) is 0 Å². The fourth-order valence-electron chi connectivity index (χ4n) is 3.36. The van der Waals surface area contributed by atoms with Crippen molar-refractivity contribution in [2.45, 2.75) is 64.5 Å². The maximum atomic E-state index is 12.6. The topological polar surface area (TPSA) is 76.1 Å². The summed E-state index contributed by atoms with van der Waals surface area (Å²) >= 11 is 0. The van der Waals surface area contributed by atoms with Gasteiger partial charge < -0.3 is 19.5 Å². The van der Waals surface area contributed by atoms with Gasteiger partial charge in [0.1, 0.15) is 11.4 Å². The molecule has 0 aliphatic carbocycles. The van der Waals surface area contributed by atoms with E-state index < -0.39 is 5.60 Å². The average Bonchev–Trinajstić information content (AvgIpc) is 3.02. The first-order valence-corrected chi connectivity index (χ1v) is 9.15. The van der Waals surface area contributed by atoms with Crippen molar-refractivity contribution in [1.82, 2.24) is 4.90 Å². The normalized spacial score (nSPS) is 18.5. The minimum atomic E-state index is -0.570. The molecule has 26 heavy (non-hydrogen) atoms. The van der Waals surface area contributed by atoms with Gasteiger partial charge in [-0.2, -0.15) is 0 Å². The Morgan fingerprint density at radius 2 is 1.92 bits per heavy atom. The van der Waals surface area contributed by atoms with Crippen molar-refractivity contribution < 1.29 is 24.2 Å². The van der Waals surface area contributed by atoms with Crippen molar-refractivity contribution in [1.29, 1.82) is 0 Å². The van der Waals surface area contributed by atoms with Crippen molar-refractivity contribution in [3.8, 4) is 5.75 Å². The zero-order chi connectivity index (χ0) is 19.3. The van der Waals surface area contributed by atoms with Crippen LogP contribution in [-0.4, -0.2) is 46.9 Å². The van der Waals surface area contributed by atoms with Crippen LogP contribution in [0.15, 0.2) is 24.3 Å². The van der Waals surface area contributed by atoms with Gasteiger partial charge in [0.2, 0.25) is 0 Å². The van der Waals surface area contributed by atoms with Crippen molar-refractivity contribution in [2.24, 2.45) is 0 Å². The van der Waals surface area contributed by atoms with Gasteiger partial charge in [-0.15, -0.1) is 0 Å². The molecule has 1 aliphatic heterocycles. The molecule has 0 aromatic heterocycles. The number of aromatic hydroxyl groups is 1. The number of hydrogen-bond acceptors (Lipinski definition) is 5. The Labute approximate surface area is 155 Å². The molecule has 2 rings (SSSR count). The third kappa shape index (κ3) is 5.38. The van der Waals surface area contributed by atoms with Gasteiger partial charge in [0.25, 0.3) is 0 Å². The Bertz CT molecular complexity index is 620. The smallest absolute Gasteiger partial charge is 0.410 e. The number of carbonyl (C=O) groups is 2. The number of phenolic OH excluding ortho intramolecular Hbond substituents is 1. The predicted octanol–water partition coefficient (Wildman–Crippen LogP) is 3.83. The number of phenols is 1. The summed E-state index contributed by atoms with van der Waals surface area (Å²) in [6.45, 7) is 8.22. The van der Waals surface area contributed by atoms with E-state index >= 15 is 0 Å². The summed E-state index contributed by atoms with van der Waals surface area (Å²) in [5, 5.41) is 9.56. The average molecular weight is 363 g/mol. The van der Waals surface area contributed by atoms with Crippen molar-refractivity contribution in [3.63, 3.8) is 0 Å². The maximum Gasteiger partial charge on any atom is 0.410 e. The molecule has 1 saturated heterocycles. The second-order valence-electron chi connectivity index (χ2n) is 7.59. The van der Waals surface area contributed by atoms with E-state index in [9.17, 15) is 14.7 Å². The highest BCUT2D eigenvalue weighted by Gasteiger charge is 2.38. The lowest BCUT2D eigenvalue weighted by molar-refractivity contribution is -0.144. The number of benzene rings is 1. The van der Waals surface area contributed by atoms with E-state index in [1.165, 1.54) is 0 Å². The fourth-order valence-corrected chi connectivity index (χ4v) is 3.36. The quantitative estimate of drug-likeness (QED) is 0.805. The van der Waals surface area contributed by atoms with Gasteiger partial charge in [-0.05, 0) is 58.2 Å². The molecular weight excluding hydrogens is 334 g/mol. The van der Waals surface area contributed by atoms with Crippen molar-refractivity contribution in [3.05, 3.63) is 29.8 Å². The van der Waals surface area contributed by atoms with Crippen LogP contribution in [-0.2, 0) is 14.3 Å². The van der Waals surface area contributed by atoms with Crippen LogP contribution in [0.3, 0.4) is 0 Å². The highest BCUT2D eigenvalue weighted by atomic mass is 16.6. The molecule has 0 bridgehead atoms. The molecule has 6 nitrogen and oxygen atoms in total. The van der Waals surface area contributed by atoms with Gasteiger partial charge in [-0.3, -0.25) is 4.79 Å². The summed E-state index contributed by atoms with van der Waals surface area (Å²) in [7, 11) is 0. The summed E-state index contributed by atoms with van der Waals surface area (Å²) < 4.78 is 10.7. The Morgan fingerprint density at radius 1 is 1.27 bits per heavy atom. The standard InChI is InChI=1S/C20H29NO5/c1-5-25-18(23)13-16(14-8-10-15(22)11-9-14)17-7-6-12-21(17)19(24)26-20(2,3)4/h8-11,16-17,22H,5-7,12-13H2,1-4H3/t16?,17-/m0/s1. The molecule has 0 saturated carbocycles. The van der Waals surface area contributed by atoms with Crippen LogP contribution in [0, 0.1) is 0 Å². The maximum absolute atomic E-state index is 12.6. The van der Waals surface area contributed by atoms with Crippen LogP contribution in [0.1, 0.15) is 58.4 Å². The molecule has 1 N–H and O–H groups in total. The van der Waals surface area contributed by atoms with Crippen molar-refractivity contribution >= 4 is 12.1 Å². The molecule has 1 unspecified atom stereocenters. The molecule has 6 heteroatoms. The van der Waals surface area contributed by atoms with Gasteiger partial charge in [-0.1, -0.05) is 12.1 Å². The third-order valence-corrected chi connectivity index (χ3v) is 4.40. The van der Waals surface area contributed by atoms with Crippen LogP contribution in [0.4, 0.5) is 4.79 Å². The molecule has 1 aromatic rings. The molecule has 0 radical (unpaired) electrons. The highest BCUT2D eigenvalue weighted by Crippen LogP contribution is 2.35. The molecule has 2 atom stereocenters. The fraction of sp³-hybridized carbons (Fsp3) is 0.600. The van der Waals surface area contributed by atoms with E-state index in [0.717, 1.165) is 18.4 Å². The molecular formula is C20H29NO5. The Morgan fingerprint density at radius 3 is 2.50 bits per heavy atom. The Kier molecular flexibility index (Phi) is 6.51. The summed E-state index contributed by atoms with van der Waals surface area (Å²) in [5.74, 6) is -0.328. The molecule has 1 amide bonds. The third-order valence-electron chi connectivity index (χ3n) is 4.40. The molecule has 1 aromatic carbocycles. The Balaban J connectivity index is 2.26. The zero-order valence-electron chi connectivity index (χ0n) is 16.0. The SMILES string of the molecule is CCOC(=O)CC(c1ccc(O)cc1)[C@@H]1CCCN1C(=O)OC(C)(C)C. The number of esters is 1. The molecule has 0 spiro atoms. The van der Waals surface area contributed by atoms with E-state index in [1.54, 1.807) is 36.1 Å². The predicted molar refractivity (Wildman–Crippen MR) is 98.1 cm³/mol. The Hall–Kier alpha value is -2.24. The minimum absolute atomic E-state index is 0.140. The molecule has 1 aliphatic rings. The number of hydrogen-bond donors (Lipinski definition) is 1. The lowest BCUT2D eigenvalue weighted by atomic mass is 9.87. The molecule has 1 heterocycles. The molecule has 1 fully saturated rings. The number of ether oxygens (including phenoxy) is 2. The number of likely N-dealkylation sites (tertiary alicyclic amines) is 1. The van der Waals surface area contributed by atoms with Crippen LogP contribution >= 0.6 is 0 Å². The van der Waals surface area contributed by atoms with Gasteiger partial charge >= 0.3 is 12.1 Å². The summed E-state index contributed by atoms with van der Waals surface area (Å²) in [6, 6.07) is 6.65. The van der Waals surface area contributed by atoms with E-state index in [-0.39, 0.29) is 36.2 Å². The van der Waals surface area contributed by atoms with E-state index in [2.05, 4.69) is 0 Å². The number of rotatable bonds is 5. The zero-order valence-corrected chi connectivity index (χ0v) is 16.0. The molecule has 144 valence electrons. The van der Waals surface area contributed by atoms with Crippen LogP contribution in [0.5, 0.6) is 5.75 Å². The second-order valence-corrected chi connectivity index (χ2v) is 7.59. The first kappa shape index (κ1) is 20.1. The largest absolute Gasteiger partial charge is 0.508 e. The van der Waals surface area contributed by atoms with Gasteiger partial charge in [-0.25, -0.2) is 4.79 Å². The number of nitrogens with zero attached hydrogens (tertiary/aromatic N) is 1.